The number of hydrogen-bond acceptors (Lipinski definition) is 5. The predicted molar refractivity (Wildman–Crippen MR) is 121 cm³/mol. The van der Waals surface area contributed by atoms with Gasteiger partial charge in [0, 0.05) is 17.5 Å². The normalized spacial score (nSPS) is 13.0. The van der Waals surface area contributed by atoms with Crippen molar-refractivity contribution in [1.82, 2.24) is 5.01 Å². The molecule has 0 aliphatic carbocycles. The number of rotatable bonds is 9. The van der Waals surface area contributed by atoms with E-state index in [0.717, 1.165) is 33.9 Å². The van der Waals surface area contributed by atoms with Gasteiger partial charge >= 0.3 is 0 Å². The Morgan fingerprint density at radius 1 is 1.11 bits per heavy atom. The van der Waals surface area contributed by atoms with E-state index in [1.807, 2.05) is 64.4 Å². The average molecular weight is 388 g/mol. The van der Waals surface area contributed by atoms with E-state index in [1.54, 1.807) is 16.8 Å². The third-order valence-electron chi connectivity index (χ3n) is 3.21. The van der Waals surface area contributed by atoms with Gasteiger partial charge in [-0.05, 0) is 37.5 Å². The highest BCUT2D eigenvalue weighted by molar-refractivity contribution is 8.03. The molecule has 1 aromatic carbocycles. The van der Waals surface area contributed by atoms with Crippen LogP contribution in [0.2, 0.25) is 0 Å². The lowest BCUT2D eigenvalue weighted by Crippen LogP contribution is -2.11. The monoisotopic (exact) mass is 387 g/mol. The van der Waals surface area contributed by atoms with Crippen LogP contribution in [0.1, 0.15) is 47.5 Å². The molecule has 0 fully saturated rings. The Labute approximate surface area is 169 Å². The van der Waals surface area contributed by atoms with Crippen molar-refractivity contribution in [2.45, 2.75) is 52.4 Å². The maximum atomic E-state index is 8.87. The van der Waals surface area contributed by atoms with Gasteiger partial charge in [-0.15, -0.1) is 0 Å². The Hall–Kier alpha value is -2.27. The smallest absolute Gasteiger partial charge is 0.101 e. The molecule has 0 saturated carbocycles. The summed E-state index contributed by atoms with van der Waals surface area (Å²) in [5.74, 6) is 0. The fourth-order valence-electron chi connectivity index (χ4n) is 2.00. The van der Waals surface area contributed by atoms with Crippen molar-refractivity contribution >= 4 is 24.2 Å². The van der Waals surface area contributed by atoms with Gasteiger partial charge in [0.05, 0.1) is 12.4 Å². The number of thioether (sulfide) groups is 1. The molecule has 1 rings (SSSR count). The van der Waals surface area contributed by atoms with E-state index in [2.05, 4.69) is 42.3 Å². The van der Waals surface area contributed by atoms with Crippen LogP contribution in [0.3, 0.4) is 0 Å². The summed E-state index contributed by atoms with van der Waals surface area (Å²) in [6.45, 7) is 10.1. The number of allylic oxidation sites excluding steroid dienone is 5. The van der Waals surface area contributed by atoms with Crippen molar-refractivity contribution < 1.29 is 5.21 Å². The number of oxime groups is 1. The summed E-state index contributed by atoms with van der Waals surface area (Å²) >= 11 is 1.58. The highest BCUT2D eigenvalue weighted by atomic mass is 32.2. The Morgan fingerprint density at radius 3 is 2.33 bits per heavy atom. The second kappa shape index (κ2) is 15.9. The number of benzene rings is 1. The summed E-state index contributed by atoms with van der Waals surface area (Å²) in [6, 6.07) is 10.1. The minimum Gasteiger partial charge on any atom is -0.411 e. The summed E-state index contributed by atoms with van der Waals surface area (Å²) in [7, 11) is 1.89. The number of hydrogen-bond donors (Lipinski definition) is 1. The standard InChI is InChI=1S/C20H27N3OS.C2H6/c1-5-7-12-18(11-6-2)16-21-23(4)20(17(3)15-22-24)25-19-13-9-8-10-14-19;1-2/h7-16,24H,5-6H2,1-4H3;1-2H3/b12-7-,18-11+,20-17-,21-16+,22-15+;. The molecule has 0 aliphatic heterocycles. The molecule has 0 spiro atoms. The van der Waals surface area contributed by atoms with Gasteiger partial charge in [0.1, 0.15) is 5.03 Å². The van der Waals surface area contributed by atoms with Crippen molar-refractivity contribution in [1.29, 1.82) is 0 Å². The second-order valence-corrected chi connectivity index (χ2v) is 6.40. The quantitative estimate of drug-likeness (QED) is 0.168. The number of nitrogens with zero attached hydrogens (tertiary/aromatic N) is 3. The molecule has 0 unspecified atom stereocenters. The molecule has 1 aromatic rings. The molecule has 148 valence electrons. The van der Waals surface area contributed by atoms with Crippen LogP contribution in [0.4, 0.5) is 0 Å². The average Bonchev–Trinajstić information content (AvgIpc) is 2.70. The van der Waals surface area contributed by atoms with Crippen LogP contribution in [-0.2, 0) is 0 Å². The summed E-state index contributed by atoms with van der Waals surface area (Å²) < 4.78 is 0. The summed E-state index contributed by atoms with van der Waals surface area (Å²) in [6.07, 6.45) is 11.6. The first kappa shape index (κ1) is 24.7. The molecule has 0 aliphatic rings. The van der Waals surface area contributed by atoms with Gasteiger partial charge in [-0.1, -0.05) is 81.0 Å². The van der Waals surface area contributed by atoms with E-state index in [4.69, 9.17) is 5.21 Å². The Bertz CT molecular complexity index is 661. The zero-order valence-corrected chi connectivity index (χ0v) is 18.2. The van der Waals surface area contributed by atoms with E-state index in [9.17, 15) is 0 Å². The Balaban J connectivity index is 0.00000326. The lowest BCUT2D eigenvalue weighted by Gasteiger charge is -2.18. The van der Waals surface area contributed by atoms with Gasteiger partial charge in [-0.3, -0.25) is 5.01 Å². The largest absolute Gasteiger partial charge is 0.411 e. The molecule has 0 amide bonds. The van der Waals surface area contributed by atoms with Crippen molar-refractivity contribution in [3.63, 3.8) is 0 Å². The van der Waals surface area contributed by atoms with Crippen LogP contribution in [-0.4, -0.2) is 29.7 Å². The van der Waals surface area contributed by atoms with E-state index in [0.29, 0.717) is 0 Å². The molecule has 0 bridgehead atoms. The van der Waals surface area contributed by atoms with E-state index in [-0.39, 0.29) is 0 Å². The van der Waals surface area contributed by atoms with Gasteiger partial charge in [-0.25, -0.2) is 0 Å². The molecular formula is C22H33N3OS. The lowest BCUT2D eigenvalue weighted by atomic mass is 10.2. The molecule has 0 saturated heterocycles. The van der Waals surface area contributed by atoms with Crippen molar-refractivity contribution in [2.24, 2.45) is 10.3 Å². The second-order valence-electron chi connectivity index (χ2n) is 5.34. The highest BCUT2D eigenvalue weighted by Gasteiger charge is 2.09. The maximum Gasteiger partial charge on any atom is 0.101 e. The third-order valence-corrected chi connectivity index (χ3v) is 4.49. The first-order valence-electron chi connectivity index (χ1n) is 9.37. The Morgan fingerprint density at radius 2 is 1.78 bits per heavy atom. The zero-order chi connectivity index (χ0) is 20.5. The maximum absolute atomic E-state index is 8.87. The van der Waals surface area contributed by atoms with E-state index in [1.165, 1.54) is 6.21 Å². The molecule has 27 heavy (non-hydrogen) atoms. The summed E-state index contributed by atoms with van der Waals surface area (Å²) in [5.41, 5.74) is 1.91. The van der Waals surface area contributed by atoms with Gasteiger partial charge in [0.2, 0.25) is 0 Å². The minimum absolute atomic E-state index is 0.834. The van der Waals surface area contributed by atoms with Crippen LogP contribution in [0.25, 0.3) is 0 Å². The van der Waals surface area contributed by atoms with Crippen molar-refractivity contribution in [3.05, 3.63) is 64.7 Å². The summed E-state index contributed by atoms with van der Waals surface area (Å²) in [5, 5.41) is 19.3. The molecule has 0 aromatic heterocycles. The van der Waals surface area contributed by atoms with Crippen LogP contribution < -0.4 is 0 Å². The minimum atomic E-state index is 0.834. The molecule has 0 atom stereocenters. The van der Waals surface area contributed by atoms with Crippen LogP contribution in [0, 0.1) is 0 Å². The van der Waals surface area contributed by atoms with Gasteiger partial charge < -0.3 is 5.21 Å². The molecule has 0 heterocycles. The molecule has 5 heteroatoms. The molecule has 1 N–H and O–H groups in total. The SMILES string of the molecule is CC.CC\C=C/C(/C=N/N(C)/C(Sc1ccccc1)=C(C)/C=N/O)=C\CC. The first-order chi connectivity index (χ1) is 13.1. The first-order valence-corrected chi connectivity index (χ1v) is 10.2. The van der Waals surface area contributed by atoms with Gasteiger partial charge in [0.15, 0.2) is 0 Å². The van der Waals surface area contributed by atoms with Crippen LogP contribution >= 0.6 is 11.8 Å². The van der Waals surface area contributed by atoms with Gasteiger partial charge in [0.25, 0.3) is 0 Å². The number of hydrazone groups is 1. The lowest BCUT2D eigenvalue weighted by molar-refractivity contribution is 0.321. The predicted octanol–water partition coefficient (Wildman–Crippen LogP) is 6.72. The fourth-order valence-corrected chi connectivity index (χ4v) is 2.91. The summed E-state index contributed by atoms with van der Waals surface area (Å²) in [4.78, 5) is 1.10. The third kappa shape index (κ3) is 10.5. The van der Waals surface area contributed by atoms with Crippen molar-refractivity contribution in [2.75, 3.05) is 7.05 Å². The van der Waals surface area contributed by atoms with Gasteiger partial charge in [-0.2, -0.15) is 5.10 Å². The van der Waals surface area contributed by atoms with Crippen molar-refractivity contribution in [3.8, 4) is 0 Å². The van der Waals surface area contributed by atoms with E-state index < -0.39 is 0 Å². The molecular weight excluding hydrogens is 354 g/mol. The Kier molecular flexibility index (Phi) is 14.6. The van der Waals surface area contributed by atoms with Crippen LogP contribution in [0.15, 0.2) is 79.9 Å². The zero-order valence-electron chi connectivity index (χ0n) is 17.4. The fraction of sp³-hybridized carbons (Fsp3) is 0.364. The van der Waals surface area contributed by atoms with E-state index >= 15 is 0 Å². The topological polar surface area (TPSA) is 48.2 Å². The molecule has 4 nitrogen and oxygen atoms in total. The molecule has 0 radical (unpaired) electrons. The highest BCUT2D eigenvalue weighted by Crippen LogP contribution is 2.30. The van der Waals surface area contributed by atoms with Crippen LogP contribution in [0.5, 0.6) is 0 Å².